The number of amides is 1. The quantitative estimate of drug-likeness (QED) is 0.625. The van der Waals surface area contributed by atoms with E-state index in [9.17, 15) is 14.7 Å². The second kappa shape index (κ2) is 7.34. The number of nitrogens with one attached hydrogen (secondary N) is 1. The highest BCUT2D eigenvalue weighted by atomic mass is 16.4. The molecule has 0 aliphatic heterocycles. The number of benzene rings is 1. The van der Waals surface area contributed by atoms with Gasteiger partial charge < -0.3 is 10.4 Å². The predicted octanol–water partition coefficient (Wildman–Crippen LogP) is 2.36. The standard InChI is InChI=1S/C19H21N3O3/c23-17(19(18(24)25)9-5-2-6-10-19)20-11-16-12-21-22(14-16)13-15-7-3-1-4-8-15/h1-5,7-8,12,14H,6,9-11,13H2,(H,20,23)(H,24,25). The van der Waals surface area contributed by atoms with Crippen molar-refractivity contribution in [3.05, 3.63) is 66.0 Å². The van der Waals surface area contributed by atoms with Gasteiger partial charge in [0.1, 0.15) is 5.41 Å². The lowest BCUT2D eigenvalue weighted by Gasteiger charge is -2.28. The molecule has 1 unspecified atom stereocenters. The van der Waals surface area contributed by atoms with E-state index in [1.54, 1.807) is 17.0 Å². The SMILES string of the molecule is O=C(O)C1(C(=O)NCc2cnn(Cc3ccccc3)c2)CC=CCC1. The minimum Gasteiger partial charge on any atom is -0.480 e. The first-order chi connectivity index (χ1) is 12.1. The van der Waals surface area contributed by atoms with Crippen LogP contribution in [0.2, 0.25) is 0 Å². The van der Waals surface area contributed by atoms with Crippen LogP contribution >= 0.6 is 0 Å². The molecule has 1 aromatic carbocycles. The first-order valence-corrected chi connectivity index (χ1v) is 8.32. The highest BCUT2D eigenvalue weighted by Gasteiger charge is 2.45. The Kier molecular flexibility index (Phi) is 4.97. The van der Waals surface area contributed by atoms with Gasteiger partial charge in [-0.3, -0.25) is 14.3 Å². The zero-order valence-corrected chi connectivity index (χ0v) is 13.9. The minimum atomic E-state index is -1.35. The molecule has 0 saturated heterocycles. The van der Waals surface area contributed by atoms with Gasteiger partial charge in [0.15, 0.2) is 0 Å². The third kappa shape index (κ3) is 3.79. The molecule has 0 spiro atoms. The zero-order chi connectivity index (χ0) is 17.7. The Balaban J connectivity index is 1.61. The predicted molar refractivity (Wildman–Crippen MR) is 92.7 cm³/mol. The normalized spacial score (nSPS) is 19.5. The Morgan fingerprint density at radius 2 is 2.00 bits per heavy atom. The minimum absolute atomic E-state index is 0.238. The number of hydrogen-bond acceptors (Lipinski definition) is 3. The summed E-state index contributed by atoms with van der Waals surface area (Å²) >= 11 is 0. The number of carboxylic acids is 1. The van der Waals surface area contributed by atoms with E-state index in [-0.39, 0.29) is 13.0 Å². The van der Waals surface area contributed by atoms with E-state index in [0.717, 1.165) is 11.1 Å². The van der Waals surface area contributed by atoms with Gasteiger partial charge in [0.2, 0.25) is 5.91 Å². The van der Waals surface area contributed by atoms with Gasteiger partial charge in [0.05, 0.1) is 12.7 Å². The van der Waals surface area contributed by atoms with Crippen molar-refractivity contribution in [2.75, 3.05) is 0 Å². The molecule has 130 valence electrons. The van der Waals surface area contributed by atoms with E-state index in [2.05, 4.69) is 10.4 Å². The van der Waals surface area contributed by atoms with Crippen LogP contribution in [-0.2, 0) is 22.7 Å². The Hall–Kier alpha value is -2.89. The average molecular weight is 339 g/mol. The molecule has 2 N–H and O–H groups in total. The van der Waals surface area contributed by atoms with Crippen molar-refractivity contribution in [3.63, 3.8) is 0 Å². The van der Waals surface area contributed by atoms with E-state index in [0.29, 0.717) is 19.4 Å². The van der Waals surface area contributed by atoms with Crippen molar-refractivity contribution < 1.29 is 14.7 Å². The van der Waals surface area contributed by atoms with Crippen LogP contribution in [0.25, 0.3) is 0 Å². The van der Waals surface area contributed by atoms with Gasteiger partial charge >= 0.3 is 5.97 Å². The maximum Gasteiger partial charge on any atom is 0.319 e. The Morgan fingerprint density at radius 1 is 1.20 bits per heavy atom. The number of aromatic nitrogens is 2. The molecule has 1 atom stereocenters. The maximum atomic E-state index is 12.5. The van der Waals surface area contributed by atoms with Gasteiger partial charge in [-0.25, -0.2) is 0 Å². The topological polar surface area (TPSA) is 84.2 Å². The molecule has 1 aliphatic carbocycles. The summed E-state index contributed by atoms with van der Waals surface area (Å²) in [6, 6.07) is 9.97. The van der Waals surface area contributed by atoms with Gasteiger partial charge in [-0.1, -0.05) is 42.5 Å². The molecule has 1 aromatic heterocycles. The number of nitrogens with zero attached hydrogens (tertiary/aromatic N) is 2. The molecule has 25 heavy (non-hydrogen) atoms. The number of rotatable bonds is 6. The Morgan fingerprint density at radius 3 is 2.68 bits per heavy atom. The second-order valence-electron chi connectivity index (χ2n) is 6.32. The Bertz CT molecular complexity index is 782. The molecule has 0 fully saturated rings. The summed E-state index contributed by atoms with van der Waals surface area (Å²) in [5.74, 6) is -1.49. The molecular weight excluding hydrogens is 318 g/mol. The van der Waals surface area contributed by atoms with E-state index in [1.807, 2.05) is 42.6 Å². The highest BCUT2D eigenvalue weighted by Crippen LogP contribution is 2.33. The van der Waals surface area contributed by atoms with Crippen LogP contribution in [0.15, 0.2) is 54.9 Å². The van der Waals surface area contributed by atoms with Crippen LogP contribution in [-0.4, -0.2) is 26.8 Å². The molecule has 2 aromatic rings. The van der Waals surface area contributed by atoms with Crippen molar-refractivity contribution in [2.24, 2.45) is 5.41 Å². The summed E-state index contributed by atoms with van der Waals surface area (Å²) in [5, 5.41) is 16.6. The monoisotopic (exact) mass is 339 g/mol. The molecule has 0 bridgehead atoms. The summed E-state index contributed by atoms with van der Waals surface area (Å²) in [7, 11) is 0. The zero-order valence-electron chi connectivity index (χ0n) is 13.9. The van der Waals surface area contributed by atoms with E-state index in [1.165, 1.54) is 0 Å². The van der Waals surface area contributed by atoms with Crippen LogP contribution in [0.4, 0.5) is 0 Å². The number of hydrogen-bond donors (Lipinski definition) is 2. The van der Waals surface area contributed by atoms with Crippen LogP contribution in [0, 0.1) is 5.41 Å². The summed E-state index contributed by atoms with van der Waals surface area (Å²) in [6.45, 7) is 0.922. The number of carbonyl (C=O) groups excluding carboxylic acids is 1. The van der Waals surface area contributed by atoms with Gasteiger partial charge in [-0.05, 0) is 24.8 Å². The van der Waals surface area contributed by atoms with Crippen LogP contribution in [0.3, 0.4) is 0 Å². The number of allylic oxidation sites excluding steroid dienone is 2. The smallest absolute Gasteiger partial charge is 0.319 e. The van der Waals surface area contributed by atoms with Gasteiger partial charge in [0, 0.05) is 18.3 Å². The number of aliphatic carboxylic acids is 1. The average Bonchev–Trinajstić information content (AvgIpc) is 3.08. The first-order valence-electron chi connectivity index (χ1n) is 8.32. The molecule has 6 nitrogen and oxygen atoms in total. The van der Waals surface area contributed by atoms with Crippen LogP contribution < -0.4 is 5.32 Å². The molecule has 0 radical (unpaired) electrons. The molecule has 0 saturated carbocycles. The largest absolute Gasteiger partial charge is 0.480 e. The fourth-order valence-corrected chi connectivity index (χ4v) is 3.04. The fraction of sp³-hybridized carbons (Fsp3) is 0.316. The molecule has 6 heteroatoms. The summed E-state index contributed by atoms with van der Waals surface area (Å²) in [4.78, 5) is 24.1. The van der Waals surface area contributed by atoms with Gasteiger partial charge in [-0.15, -0.1) is 0 Å². The lowest BCUT2D eigenvalue weighted by molar-refractivity contribution is -0.156. The van der Waals surface area contributed by atoms with Crippen molar-refractivity contribution in [3.8, 4) is 0 Å². The molecule has 1 heterocycles. The lowest BCUT2D eigenvalue weighted by atomic mass is 9.76. The third-order valence-electron chi connectivity index (χ3n) is 4.54. The summed E-state index contributed by atoms with van der Waals surface area (Å²) in [6.07, 6.45) is 8.42. The van der Waals surface area contributed by atoms with Crippen molar-refractivity contribution in [1.29, 1.82) is 0 Å². The summed E-state index contributed by atoms with van der Waals surface area (Å²) in [5.41, 5.74) is 0.630. The Labute approximate surface area is 146 Å². The van der Waals surface area contributed by atoms with Gasteiger partial charge in [-0.2, -0.15) is 5.10 Å². The van der Waals surface area contributed by atoms with Gasteiger partial charge in [0.25, 0.3) is 0 Å². The van der Waals surface area contributed by atoms with E-state index in [4.69, 9.17) is 0 Å². The molecule has 1 aliphatic rings. The molecular formula is C19H21N3O3. The maximum absolute atomic E-state index is 12.5. The number of carboxylic acid groups (broad SMARTS) is 1. The lowest BCUT2D eigenvalue weighted by Crippen LogP contribution is -2.46. The fourth-order valence-electron chi connectivity index (χ4n) is 3.04. The van der Waals surface area contributed by atoms with Crippen LogP contribution in [0.1, 0.15) is 30.4 Å². The van der Waals surface area contributed by atoms with Crippen molar-refractivity contribution >= 4 is 11.9 Å². The molecule has 3 rings (SSSR count). The number of carbonyl (C=O) groups is 2. The van der Waals surface area contributed by atoms with E-state index < -0.39 is 17.3 Å². The van der Waals surface area contributed by atoms with Crippen LogP contribution in [0.5, 0.6) is 0 Å². The van der Waals surface area contributed by atoms with Crippen molar-refractivity contribution in [2.45, 2.75) is 32.4 Å². The first kappa shape index (κ1) is 17.0. The second-order valence-corrected chi connectivity index (χ2v) is 6.32. The van der Waals surface area contributed by atoms with E-state index >= 15 is 0 Å². The molecule has 1 amide bonds. The summed E-state index contributed by atoms with van der Waals surface area (Å²) < 4.78 is 1.80. The highest BCUT2D eigenvalue weighted by molar-refractivity contribution is 6.02. The van der Waals surface area contributed by atoms with Crippen molar-refractivity contribution in [1.82, 2.24) is 15.1 Å². The third-order valence-corrected chi connectivity index (χ3v) is 4.54.